The zero-order valence-corrected chi connectivity index (χ0v) is 21.5. The molecule has 1 aliphatic rings. The van der Waals surface area contributed by atoms with Crippen LogP contribution in [0.2, 0.25) is 0 Å². The minimum Gasteiger partial charge on any atom is -0.493 e. The number of allylic oxidation sites excluding steroid dienone is 1. The molecule has 0 amide bonds. The highest BCUT2D eigenvalue weighted by Crippen LogP contribution is 2.26. The summed E-state index contributed by atoms with van der Waals surface area (Å²) in [6.45, 7) is 15.8. The maximum Gasteiger partial charge on any atom is 0.119 e. The molecule has 0 aromatic heterocycles. The number of ether oxygens (including phenoxy) is 1. The second-order valence-electron chi connectivity index (χ2n) is 11.1. The Morgan fingerprint density at radius 3 is 2.38 bits per heavy atom. The van der Waals surface area contributed by atoms with Crippen LogP contribution in [-0.4, -0.2) is 31.3 Å². The fourth-order valence-electron chi connectivity index (χ4n) is 4.47. The quantitative estimate of drug-likeness (QED) is 0.328. The molecule has 1 aromatic carbocycles. The molecule has 1 saturated carbocycles. The monoisotopic (exact) mass is 443 g/mol. The van der Waals surface area contributed by atoms with Gasteiger partial charge in [-0.1, -0.05) is 56.9 Å². The van der Waals surface area contributed by atoms with E-state index in [0.717, 1.165) is 37.8 Å². The predicted molar refractivity (Wildman–Crippen MR) is 138 cm³/mol. The van der Waals surface area contributed by atoms with E-state index in [1.807, 2.05) is 0 Å². The van der Waals surface area contributed by atoms with Gasteiger partial charge in [0.2, 0.25) is 0 Å². The number of nitrogens with one attached hydrogen (secondary N) is 2. The first-order valence-electron chi connectivity index (χ1n) is 12.8. The zero-order valence-electron chi connectivity index (χ0n) is 21.5. The molecule has 4 N–H and O–H groups in total. The number of hydrogen-bond donors (Lipinski definition) is 3. The Labute approximate surface area is 197 Å². The van der Waals surface area contributed by atoms with Gasteiger partial charge in [0, 0.05) is 24.7 Å². The van der Waals surface area contributed by atoms with Crippen LogP contribution in [0.5, 0.6) is 5.75 Å². The first kappa shape index (κ1) is 26.9. The standard InChI is InChI=1S/C28H49N3O/c1-21(2)16-25(29)18-31-28(5,6)20-30-27(17-22(3)4)24-12-14-26(15-13-24)32-19-23-10-8-7-9-11-23/h12-15,17,21,23,25,27,30-31H,7-11,16,18-20,29H2,1-6H3/t25?,27-/m0/s1. The Bertz CT molecular complexity index is 670. The van der Waals surface area contributed by atoms with E-state index in [4.69, 9.17) is 10.5 Å². The fraction of sp³-hybridized carbons (Fsp3) is 0.714. The summed E-state index contributed by atoms with van der Waals surface area (Å²) in [5.74, 6) is 2.34. The van der Waals surface area contributed by atoms with Crippen LogP contribution in [0.25, 0.3) is 0 Å². The van der Waals surface area contributed by atoms with Gasteiger partial charge in [0.1, 0.15) is 5.75 Å². The maximum absolute atomic E-state index is 6.28. The smallest absolute Gasteiger partial charge is 0.119 e. The fourth-order valence-corrected chi connectivity index (χ4v) is 4.47. The van der Waals surface area contributed by atoms with Crippen LogP contribution >= 0.6 is 0 Å². The Hall–Kier alpha value is -1.36. The highest BCUT2D eigenvalue weighted by molar-refractivity contribution is 5.31. The average Bonchev–Trinajstić information content (AvgIpc) is 2.74. The molecule has 1 aliphatic carbocycles. The SMILES string of the molecule is CC(C)=C[C@H](NCC(C)(C)NCC(N)CC(C)C)c1ccc(OCC2CCCCC2)cc1. The van der Waals surface area contributed by atoms with Gasteiger partial charge >= 0.3 is 0 Å². The third kappa shape index (κ3) is 10.5. The van der Waals surface area contributed by atoms with Crippen molar-refractivity contribution in [3.05, 3.63) is 41.5 Å². The lowest BCUT2D eigenvalue weighted by atomic mass is 9.90. The Balaban J connectivity index is 1.90. The topological polar surface area (TPSA) is 59.3 Å². The van der Waals surface area contributed by atoms with Gasteiger partial charge in [-0.05, 0) is 76.5 Å². The summed E-state index contributed by atoms with van der Waals surface area (Å²) in [6, 6.07) is 9.03. The van der Waals surface area contributed by atoms with Crippen molar-refractivity contribution >= 4 is 0 Å². The lowest BCUT2D eigenvalue weighted by molar-refractivity contribution is 0.209. The molecule has 0 heterocycles. The summed E-state index contributed by atoms with van der Waals surface area (Å²) < 4.78 is 6.10. The molecule has 2 atom stereocenters. The van der Waals surface area contributed by atoms with Crippen LogP contribution in [0.1, 0.15) is 91.7 Å². The van der Waals surface area contributed by atoms with Gasteiger partial charge in [0.25, 0.3) is 0 Å². The summed E-state index contributed by atoms with van der Waals surface area (Å²) in [6.07, 6.45) is 10.1. The van der Waals surface area contributed by atoms with E-state index in [1.54, 1.807) is 0 Å². The van der Waals surface area contributed by atoms with E-state index in [9.17, 15) is 0 Å². The van der Waals surface area contributed by atoms with Crippen molar-refractivity contribution in [2.75, 3.05) is 19.7 Å². The Kier molecular flexibility index (Phi) is 11.2. The van der Waals surface area contributed by atoms with E-state index in [2.05, 4.69) is 82.5 Å². The van der Waals surface area contributed by atoms with E-state index >= 15 is 0 Å². The van der Waals surface area contributed by atoms with Crippen LogP contribution in [0, 0.1) is 11.8 Å². The van der Waals surface area contributed by atoms with Crippen LogP contribution in [0.3, 0.4) is 0 Å². The molecule has 32 heavy (non-hydrogen) atoms. The van der Waals surface area contributed by atoms with E-state index in [1.165, 1.54) is 43.2 Å². The van der Waals surface area contributed by atoms with Crippen LogP contribution in [0.15, 0.2) is 35.9 Å². The first-order chi connectivity index (χ1) is 15.1. The summed E-state index contributed by atoms with van der Waals surface area (Å²) >= 11 is 0. The van der Waals surface area contributed by atoms with Crippen LogP contribution in [-0.2, 0) is 0 Å². The van der Waals surface area contributed by atoms with Crippen molar-refractivity contribution in [1.29, 1.82) is 0 Å². The highest BCUT2D eigenvalue weighted by Gasteiger charge is 2.21. The van der Waals surface area contributed by atoms with Gasteiger partial charge in [0.05, 0.1) is 12.6 Å². The third-order valence-electron chi connectivity index (χ3n) is 6.33. The largest absolute Gasteiger partial charge is 0.493 e. The van der Waals surface area contributed by atoms with E-state index < -0.39 is 0 Å². The van der Waals surface area contributed by atoms with Gasteiger partial charge in [-0.15, -0.1) is 0 Å². The molecule has 0 spiro atoms. The van der Waals surface area contributed by atoms with Crippen molar-refractivity contribution < 1.29 is 4.74 Å². The van der Waals surface area contributed by atoms with Crippen molar-refractivity contribution in [1.82, 2.24) is 10.6 Å². The summed E-state index contributed by atoms with van der Waals surface area (Å²) in [4.78, 5) is 0. The summed E-state index contributed by atoms with van der Waals surface area (Å²) in [5.41, 5.74) is 8.82. The van der Waals surface area contributed by atoms with E-state index in [0.29, 0.717) is 5.92 Å². The van der Waals surface area contributed by atoms with Gasteiger partial charge in [-0.3, -0.25) is 0 Å². The van der Waals surface area contributed by atoms with Crippen molar-refractivity contribution in [2.45, 2.75) is 97.7 Å². The number of hydrogen-bond acceptors (Lipinski definition) is 4. The zero-order chi connectivity index (χ0) is 23.6. The Morgan fingerprint density at radius 2 is 1.78 bits per heavy atom. The normalized spacial score (nSPS) is 17.2. The summed E-state index contributed by atoms with van der Waals surface area (Å²) in [5, 5.41) is 7.41. The number of rotatable bonds is 13. The molecule has 1 fully saturated rings. The molecule has 4 heteroatoms. The predicted octanol–water partition coefficient (Wildman–Crippen LogP) is 5.98. The van der Waals surface area contributed by atoms with Crippen molar-refractivity contribution in [2.24, 2.45) is 17.6 Å². The van der Waals surface area contributed by atoms with E-state index in [-0.39, 0.29) is 17.6 Å². The molecule has 0 radical (unpaired) electrons. The molecular weight excluding hydrogens is 394 g/mol. The number of benzene rings is 1. The van der Waals surface area contributed by atoms with Crippen LogP contribution in [0.4, 0.5) is 0 Å². The van der Waals surface area contributed by atoms with Gasteiger partial charge in [-0.25, -0.2) is 0 Å². The second kappa shape index (κ2) is 13.4. The lowest BCUT2D eigenvalue weighted by Gasteiger charge is -2.31. The van der Waals surface area contributed by atoms with Gasteiger partial charge < -0.3 is 21.1 Å². The molecule has 1 unspecified atom stereocenters. The molecular formula is C28H49N3O. The third-order valence-corrected chi connectivity index (χ3v) is 6.33. The average molecular weight is 444 g/mol. The minimum atomic E-state index is -0.0363. The molecule has 0 bridgehead atoms. The highest BCUT2D eigenvalue weighted by atomic mass is 16.5. The lowest BCUT2D eigenvalue weighted by Crippen LogP contribution is -2.52. The minimum absolute atomic E-state index is 0.0363. The molecule has 0 aliphatic heterocycles. The molecule has 2 rings (SSSR count). The first-order valence-corrected chi connectivity index (χ1v) is 12.8. The van der Waals surface area contributed by atoms with Gasteiger partial charge in [0.15, 0.2) is 0 Å². The molecule has 1 aromatic rings. The van der Waals surface area contributed by atoms with Crippen LogP contribution < -0.4 is 21.1 Å². The second-order valence-corrected chi connectivity index (χ2v) is 11.1. The van der Waals surface area contributed by atoms with Gasteiger partial charge in [-0.2, -0.15) is 0 Å². The summed E-state index contributed by atoms with van der Waals surface area (Å²) in [7, 11) is 0. The molecule has 4 nitrogen and oxygen atoms in total. The molecule has 0 saturated heterocycles. The van der Waals surface area contributed by atoms with Crippen molar-refractivity contribution in [3.63, 3.8) is 0 Å². The number of nitrogens with two attached hydrogens (primary N) is 1. The molecule has 182 valence electrons. The van der Waals surface area contributed by atoms with Crippen molar-refractivity contribution in [3.8, 4) is 5.75 Å². The Morgan fingerprint density at radius 1 is 1.12 bits per heavy atom. The maximum atomic E-state index is 6.28.